The third-order valence-corrected chi connectivity index (χ3v) is 7.60. The fraction of sp³-hybridized carbons (Fsp3) is 0.200. The molecule has 1 saturated heterocycles. The molecule has 0 bridgehead atoms. The normalized spacial score (nSPS) is 19.1. The summed E-state index contributed by atoms with van der Waals surface area (Å²) in [4.78, 5) is 28.1. The maximum Gasteiger partial charge on any atom is 0.247 e. The van der Waals surface area contributed by atoms with Crippen molar-refractivity contribution >= 4 is 27.5 Å². The molecular weight excluding hydrogens is 457 g/mol. The van der Waals surface area contributed by atoms with Crippen molar-refractivity contribution in [2.75, 3.05) is 18.0 Å². The number of rotatable bonds is 6. The lowest BCUT2D eigenvalue weighted by Crippen LogP contribution is -2.70. The quantitative estimate of drug-likeness (QED) is 0.587. The number of halogens is 1. The number of sulfonamides is 1. The number of nitrogens with zero attached hydrogens (tertiary/aromatic N) is 2. The molecule has 1 heterocycles. The Morgan fingerprint density at radius 2 is 1.56 bits per heavy atom. The summed E-state index contributed by atoms with van der Waals surface area (Å²) in [5.74, 6) is -1.60. The van der Waals surface area contributed by atoms with Gasteiger partial charge >= 0.3 is 0 Å². The lowest BCUT2D eigenvalue weighted by atomic mass is 9.94. The predicted octanol–water partition coefficient (Wildman–Crippen LogP) is 2.94. The molecule has 2 amide bonds. The third-order valence-electron chi connectivity index (χ3n) is 5.79. The summed E-state index contributed by atoms with van der Waals surface area (Å²) in [7, 11) is -4.03. The number of nitrogens with one attached hydrogen (secondary N) is 1. The van der Waals surface area contributed by atoms with Gasteiger partial charge in [0.05, 0.1) is 11.4 Å². The van der Waals surface area contributed by atoms with E-state index < -0.39 is 39.7 Å². The first-order valence-electron chi connectivity index (χ1n) is 10.7. The molecule has 9 heteroatoms. The van der Waals surface area contributed by atoms with E-state index in [0.717, 1.165) is 9.87 Å². The van der Waals surface area contributed by atoms with Gasteiger partial charge in [-0.2, -0.15) is 4.31 Å². The Kier molecular flexibility index (Phi) is 6.49. The molecule has 176 valence electrons. The molecule has 0 aliphatic carbocycles. The minimum absolute atomic E-state index is 0.0325. The van der Waals surface area contributed by atoms with Gasteiger partial charge in [-0.05, 0) is 48.9 Å². The van der Waals surface area contributed by atoms with Gasteiger partial charge in [-0.1, -0.05) is 48.5 Å². The molecular formula is C25H24FN3O4S. The number of piperazine rings is 1. The Hall–Kier alpha value is -3.56. The molecule has 3 aromatic rings. The van der Waals surface area contributed by atoms with Crippen LogP contribution in [0.1, 0.15) is 12.5 Å². The van der Waals surface area contributed by atoms with Crippen LogP contribution in [0.2, 0.25) is 0 Å². The van der Waals surface area contributed by atoms with E-state index in [9.17, 15) is 22.4 Å². The molecule has 1 aliphatic heterocycles. The number of hydrogen-bond donors (Lipinski definition) is 1. The zero-order chi connectivity index (χ0) is 24.3. The number of benzene rings is 3. The van der Waals surface area contributed by atoms with Crippen LogP contribution in [-0.2, 0) is 26.2 Å². The predicted molar refractivity (Wildman–Crippen MR) is 126 cm³/mol. The lowest BCUT2D eigenvalue weighted by molar-refractivity contribution is -0.133. The van der Waals surface area contributed by atoms with Gasteiger partial charge in [0.25, 0.3) is 0 Å². The van der Waals surface area contributed by atoms with E-state index in [2.05, 4.69) is 5.32 Å². The minimum Gasteiger partial charge on any atom is -0.350 e. The highest BCUT2D eigenvalue weighted by Gasteiger charge is 2.51. The first kappa shape index (κ1) is 23.6. The molecule has 1 fully saturated rings. The Labute approximate surface area is 197 Å². The van der Waals surface area contributed by atoms with Gasteiger partial charge in [0.1, 0.15) is 11.4 Å². The van der Waals surface area contributed by atoms with Crippen molar-refractivity contribution in [1.82, 2.24) is 9.62 Å². The van der Waals surface area contributed by atoms with Gasteiger partial charge in [-0.3, -0.25) is 14.5 Å². The Bertz CT molecular complexity index is 1280. The average Bonchev–Trinajstić information content (AvgIpc) is 2.84. The van der Waals surface area contributed by atoms with Crippen LogP contribution in [0.4, 0.5) is 10.1 Å². The Morgan fingerprint density at radius 1 is 0.971 bits per heavy atom. The van der Waals surface area contributed by atoms with Gasteiger partial charge in [-0.25, -0.2) is 12.8 Å². The topological polar surface area (TPSA) is 86.8 Å². The summed E-state index contributed by atoms with van der Waals surface area (Å²) >= 11 is 0. The number of carbonyl (C=O) groups excluding carboxylic acids is 2. The Balaban J connectivity index is 1.70. The largest absolute Gasteiger partial charge is 0.350 e. The van der Waals surface area contributed by atoms with E-state index in [0.29, 0.717) is 5.69 Å². The van der Waals surface area contributed by atoms with Crippen molar-refractivity contribution in [3.8, 4) is 0 Å². The average molecular weight is 482 g/mol. The zero-order valence-electron chi connectivity index (χ0n) is 18.5. The van der Waals surface area contributed by atoms with E-state index in [4.69, 9.17) is 0 Å². The van der Waals surface area contributed by atoms with Crippen molar-refractivity contribution in [3.63, 3.8) is 0 Å². The molecule has 0 unspecified atom stereocenters. The van der Waals surface area contributed by atoms with Crippen LogP contribution >= 0.6 is 0 Å². The number of carbonyl (C=O) groups is 2. The number of anilines is 1. The standard InChI is InChI=1S/C25H24FN3O4S/c1-25(24(31)27-16-19-8-4-2-5-9-19)18-28(34(32,33)22-10-6-3-7-11-22)17-23(30)29(25)21-14-12-20(26)13-15-21/h2-15H,16-18H2,1H3,(H,27,31)/t25-/m1/s1. The molecule has 0 saturated carbocycles. The highest BCUT2D eigenvalue weighted by atomic mass is 32.2. The van der Waals surface area contributed by atoms with Crippen molar-refractivity contribution in [2.45, 2.75) is 23.9 Å². The summed E-state index contributed by atoms with van der Waals surface area (Å²) in [5, 5.41) is 2.82. The minimum atomic E-state index is -4.03. The van der Waals surface area contributed by atoms with Crippen LogP contribution in [0.3, 0.4) is 0 Å². The fourth-order valence-electron chi connectivity index (χ4n) is 4.04. The van der Waals surface area contributed by atoms with E-state index in [1.165, 1.54) is 48.2 Å². The van der Waals surface area contributed by atoms with Crippen molar-refractivity contribution < 1.29 is 22.4 Å². The molecule has 0 radical (unpaired) electrons. The van der Waals surface area contributed by atoms with Gasteiger partial charge in [0.15, 0.2) is 0 Å². The first-order valence-corrected chi connectivity index (χ1v) is 12.1. The van der Waals surface area contributed by atoms with Gasteiger partial charge in [0.2, 0.25) is 21.8 Å². The summed E-state index contributed by atoms with van der Waals surface area (Å²) in [6, 6.07) is 22.2. The van der Waals surface area contributed by atoms with E-state index in [1.807, 2.05) is 30.3 Å². The Morgan fingerprint density at radius 3 is 2.18 bits per heavy atom. The van der Waals surface area contributed by atoms with E-state index in [-0.39, 0.29) is 18.0 Å². The molecule has 34 heavy (non-hydrogen) atoms. The second kappa shape index (κ2) is 9.36. The smallest absolute Gasteiger partial charge is 0.247 e. The van der Waals surface area contributed by atoms with Gasteiger partial charge < -0.3 is 5.32 Å². The van der Waals surface area contributed by atoms with Crippen LogP contribution in [0.5, 0.6) is 0 Å². The SMILES string of the molecule is C[C@]1(C(=O)NCc2ccccc2)CN(S(=O)(=O)c2ccccc2)CC(=O)N1c1ccc(F)cc1. The van der Waals surface area contributed by atoms with E-state index >= 15 is 0 Å². The van der Waals surface area contributed by atoms with Gasteiger partial charge in [0, 0.05) is 18.8 Å². The molecule has 0 aromatic heterocycles. The summed E-state index contributed by atoms with van der Waals surface area (Å²) in [6.45, 7) is 0.998. The second-order valence-electron chi connectivity index (χ2n) is 8.23. The monoisotopic (exact) mass is 481 g/mol. The fourth-order valence-corrected chi connectivity index (χ4v) is 5.54. The molecule has 3 aromatic carbocycles. The molecule has 7 nitrogen and oxygen atoms in total. The summed E-state index contributed by atoms with van der Waals surface area (Å²) in [5.41, 5.74) is -0.423. The number of amides is 2. The second-order valence-corrected chi connectivity index (χ2v) is 10.2. The molecule has 1 N–H and O–H groups in total. The van der Waals surface area contributed by atoms with Crippen LogP contribution in [0.25, 0.3) is 0 Å². The summed E-state index contributed by atoms with van der Waals surface area (Å²) < 4.78 is 41.1. The van der Waals surface area contributed by atoms with Crippen molar-refractivity contribution in [1.29, 1.82) is 0 Å². The molecule has 0 spiro atoms. The summed E-state index contributed by atoms with van der Waals surface area (Å²) in [6.07, 6.45) is 0. The van der Waals surface area contributed by atoms with Crippen LogP contribution in [0, 0.1) is 5.82 Å². The van der Waals surface area contributed by atoms with Crippen molar-refractivity contribution in [2.24, 2.45) is 0 Å². The van der Waals surface area contributed by atoms with E-state index in [1.54, 1.807) is 18.2 Å². The van der Waals surface area contributed by atoms with Crippen LogP contribution in [0.15, 0.2) is 89.8 Å². The van der Waals surface area contributed by atoms with Crippen LogP contribution in [-0.4, -0.2) is 43.2 Å². The number of hydrogen-bond acceptors (Lipinski definition) is 4. The molecule has 4 rings (SSSR count). The highest BCUT2D eigenvalue weighted by Crippen LogP contribution is 2.32. The highest BCUT2D eigenvalue weighted by molar-refractivity contribution is 7.89. The third kappa shape index (κ3) is 4.57. The molecule has 1 aliphatic rings. The lowest BCUT2D eigenvalue weighted by Gasteiger charge is -2.46. The maximum absolute atomic E-state index is 13.5. The zero-order valence-corrected chi connectivity index (χ0v) is 19.3. The van der Waals surface area contributed by atoms with Crippen LogP contribution < -0.4 is 10.2 Å². The maximum atomic E-state index is 13.5. The first-order chi connectivity index (χ1) is 16.2. The van der Waals surface area contributed by atoms with Crippen molar-refractivity contribution in [3.05, 3.63) is 96.3 Å². The van der Waals surface area contributed by atoms with Gasteiger partial charge in [-0.15, -0.1) is 0 Å². The molecule has 1 atom stereocenters.